The number of hydrogen-bond acceptors (Lipinski definition) is 2. The largest absolute Gasteiger partial charge is 0.496 e. The molecule has 0 bridgehead atoms. The third-order valence-corrected chi connectivity index (χ3v) is 3.32. The monoisotopic (exact) mass is 302 g/mol. The van der Waals surface area contributed by atoms with E-state index in [9.17, 15) is 4.79 Å². The van der Waals surface area contributed by atoms with Crippen LogP contribution in [-0.4, -0.2) is 18.2 Å². The standard InChI is InChI=1S/C17H15ClO3/c1-11-3-8-16(21-2)15(9-11)14(10-17(19)20)12-4-6-13(18)7-5-12/h3-10H,1-2H3,(H,19,20). The summed E-state index contributed by atoms with van der Waals surface area (Å²) in [4.78, 5) is 11.2. The molecule has 0 atom stereocenters. The van der Waals surface area contributed by atoms with Gasteiger partial charge in [-0.1, -0.05) is 35.4 Å². The lowest BCUT2D eigenvalue weighted by Gasteiger charge is -2.13. The molecule has 2 aromatic carbocycles. The molecule has 0 spiro atoms. The van der Waals surface area contributed by atoms with E-state index in [0.29, 0.717) is 16.3 Å². The molecule has 21 heavy (non-hydrogen) atoms. The number of aryl methyl sites for hydroxylation is 1. The zero-order valence-electron chi connectivity index (χ0n) is 11.8. The first-order valence-corrected chi connectivity index (χ1v) is 6.74. The van der Waals surface area contributed by atoms with Crippen molar-refractivity contribution in [2.75, 3.05) is 7.11 Å². The molecule has 3 nitrogen and oxygen atoms in total. The van der Waals surface area contributed by atoms with Crippen LogP contribution < -0.4 is 4.74 Å². The van der Waals surface area contributed by atoms with Crippen LogP contribution >= 0.6 is 11.6 Å². The molecule has 2 aromatic rings. The lowest BCUT2D eigenvalue weighted by Crippen LogP contribution is -1.98. The Morgan fingerprint density at radius 2 is 1.86 bits per heavy atom. The number of benzene rings is 2. The van der Waals surface area contributed by atoms with Gasteiger partial charge in [-0.2, -0.15) is 0 Å². The molecule has 0 heterocycles. The molecule has 0 aromatic heterocycles. The Morgan fingerprint density at radius 1 is 1.19 bits per heavy atom. The Kier molecular flexibility index (Phi) is 4.66. The molecule has 1 N–H and O–H groups in total. The van der Waals surface area contributed by atoms with Gasteiger partial charge in [0, 0.05) is 16.7 Å². The highest BCUT2D eigenvalue weighted by atomic mass is 35.5. The van der Waals surface area contributed by atoms with Gasteiger partial charge in [0.05, 0.1) is 7.11 Å². The van der Waals surface area contributed by atoms with Crippen LogP contribution in [0.4, 0.5) is 0 Å². The number of carboxylic acids is 1. The number of ether oxygens (including phenoxy) is 1. The number of methoxy groups -OCH3 is 1. The van der Waals surface area contributed by atoms with Gasteiger partial charge in [0.1, 0.15) is 5.75 Å². The van der Waals surface area contributed by atoms with E-state index in [-0.39, 0.29) is 0 Å². The van der Waals surface area contributed by atoms with Crippen LogP contribution in [0.15, 0.2) is 48.5 Å². The van der Waals surface area contributed by atoms with E-state index in [1.165, 1.54) is 6.08 Å². The molecule has 0 saturated heterocycles. The highest BCUT2D eigenvalue weighted by molar-refractivity contribution is 6.30. The number of rotatable bonds is 4. The molecule has 0 radical (unpaired) electrons. The Hall–Kier alpha value is -2.26. The predicted octanol–water partition coefficient (Wildman–Crippen LogP) is 4.17. The lowest BCUT2D eigenvalue weighted by molar-refractivity contribution is -0.131. The Bertz CT molecular complexity index is 688. The molecular weight excluding hydrogens is 288 g/mol. The number of aliphatic carboxylic acids is 1. The van der Waals surface area contributed by atoms with Crippen LogP contribution in [0.2, 0.25) is 5.02 Å². The summed E-state index contributed by atoms with van der Waals surface area (Å²) in [6, 6.07) is 12.7. The molecule has 0 saturated carbocycles. The zero-order valence-corrected chi connectivity index (χ0v) is 12.5. The van der Waals surface area contributed by atoms with Gasteiger partial charge in [-0.05, 0) is 42.3 Å². The van der Waals surface area contributed by atoms with E-state index < -0.39 is 5.97 Å². The fraction of sp³-hybridized carbons (Fsp3) is 0.118. The molecule has 0 aliphatic carbocycles. The molecule has 108 valence electrons. The van der Waals surface area contributed by atoms with E-state index in [1.807, 2.05) is 25.1 Å². The van der Waals surface area contributed by atoms with Gasteiger partial charge in [0.15, 0.2) is 0 Å². The molecule has 2 rings (SSSR count). The molecular formula is C17H15ClO3. The third-order valence-electron chi connectivity index (χ3n) is 3.07. The van der Waals surface area contributed by atoms with E-state index in [0.717, 1.165) is 16.7 Å². The van der Waals surface area contributed by atoms with Crippen molar-refractivity contribution in [2.45, 2.75) is 6.92 Å². The second kappa shape index (κ2) is 6.46. The first-order valence-electron chi connectivity index (χ1n) is 6.37. The maximum atomic E-state index is 11.2. The van der Waals surface area contributed by atoms with Crippen molar-refractivity contribution in [3.8, 4) is 5.75 Å². The van der Waals surface area contributed by atoms with E-state index in [2.05, 4.69) is 0 Å². The van der Waals surface area contributed by atoms with Crippen LogP contribution in [0.5, 0.6) is 5.75 Å². The topological polar surface area (TPSA) is 46.5 Å². The average molecular weight is 303 g/mol. The van der Waals surface area contributed by atoms with Crippen molar-refractivity contribution in [1.29, 1.82) is 0 Å². The van der Waals surface area contributed by atoms with Crippen molar-refractivity contribution in [2.24, 2.45) is 0 Å². The van der Waals surface area contributed by atoms with Gasteiger partial charge in [-0.15, -0.1) is 0 Å². The van der Waals surface area contributed by atoms with Crippen LogP contribution in [0.1, 0.15) is 16.7 Å². The van der Waals surface area contributed by atoms with Crippen LogP contribution in [-0.2, 0) is 4.79 Å². The van der Waals surface area contributed by atoms with Crippen LogP contribution in [0.3, 0.4) is 0 Å². The minimum absolute atomic E-state index is 0.583. The normalized spacial score (nSPS) is 11.3. The van der Waals surface area contributed by atoms with Crippen molar-refractivity contribution >= 4 is 23.1 Å². The minimum Gasteiger partial charge on any atom is -0.496 e. The molecule has 0 aliphatic heterocycles. The van der Waals surface area contributed by atoms with Gasteiger partial charge in [-0.3, -0.25) is 0 Å². The fourth-order valence-electron chi connectivity index (χ4n) is 2.10. The Balaban J connectivity index is 2.64. The zero-order chi connectivity index (χ0) is 15.4. The lowest BCUT2D eigenvalue weighted by atomic mass is 9.95. The highest BCUT2D eigenvalue weighted by Crippen LogP contribution is 2.32. The SMILES string of the molecule is COc1ccc(C)cc1C(=CC(=O)O)c1ccc(Cl)cc1. The maximum absolute atomic E-state index is 11.2. The summed E-state index contributed by atoms with van der Waals surface area (Å²) < 4.78 is 5.35. The predicted molar refractivity (Wildman–Crippen MR) is 83.9 cm³/mol. The van der Waals surface area contributed by atoms with Gasteiger partial charge in [-0.25, -0.2) is 4.79 Å². The smallest absolute Gasteiger partial charge is 0.328 e. The molecule has 0 fully saturated rings. The highest BCUT2D eigenvalue weighted by Gasteiger charge is 2.13. The van der Waals surface area contributed by atoms with Crippen LogP contribution in [0.25, 0.3) is 5.57 Å². The summed E-state index contributed by atoms with van der Waals surface area (Å²) in [6.07, 6.45) is 1.18. The summed E-state index contributed by atoms with van der Waals surface area (Å²) >= 11 is 5.89. The van der Waals surface area contributed by atoms with Crippen molar-refractivity contribution < 1.29 is 14.6 Å². The van der Waals surface area contributed by atoms with Gasteiger partial charge in [0.2, 0.25) is 0 Å². The average Bonchev–Trinajstić information content (AvgIpc) is 2.45. The second-order valence-corrected chi connectivity index (χ2v) is 5.04. The first-order chi connectivity index (χ1) is 10.0. The first kappa shape index (κ1) is 15.1. The number of hydrogen-bond donors (Lipinski definition) is 1. The van der Waals surface area contributed by atoms with Crippen LogP contribution in [0, 0.1) is 6.92 Å². The third kappa shape index (κ3) is 3.64. The second-order valence-electron chi connectivity index (χ2n) is 4.61. The van der Waals surface area contributed by atoms with Crippen molar-refractivity contribution in [3.05, 3.63) is 70.3 Å². The maximum Gasteiger partial charge on any atom is 0.328 e. The van der Waals surface area contributed by atoms with E-state index in [4.69, 9.17) is 21.4 Å². The Labute approximate surface area is 128 Å². The van der Waals surface area contributed by atoms with Crippen molar-refractivity contribution in [1.82, 2.24) is 0 Å². The quantitative estimate of drug-likeness (QED) is 0.862. The number of carboxylic acid groups (broad SMARTS) is 1. The summed E-state index contributed by atoms with van der Waals surface area (Å²) in [5.41, 5.74) is 3.11. The summed E-state index contributed by atoms with van der Waals surface area (Å²) in [5.74, 6) is -0.383. The van der Waals surface area contributed by atoms with Gasteiger partial charge < -0.3 is 9.84 Å². The Morgan fingerprint density at radius 3 is 2.43 bits per heavy atom. The molecule has 0 aliphatic rings. The number of carbonyl (C=O) groups is 1. The molecule has 4 heteroatoms. The van der Waals surface area contributed by atoms with Crippen molar-refractivity contribution in [3.63, 3.8) is 0 Å². The fourth-order valence-corrected chi connectivity index (χ4v) is 2.23. The number of halogens is 1. The molecule has 0 unspecified atom stereocenters. The molecule has 0 amide bonds. The van der Waals surface area contributed by atoms with E-state index in [1.54, 1.807) is 31.4 Å². The van der Waals surface area contributed by atoms with E-state index >= 15 is 0 Å². The van der Waals surface area contributed by atoms with Gasteiger partial charge >= 0.3 is 5.97 Å². The van der Waals surface area contributed by atoms with Gasteiger partial charge in [0.25, 0.3) is 0 Å². The summed E-state index contributed by atoms with van der Waals surface area (Å²) in [5, 5.41) is 9.75. The summed E-state index contributed by atoms with van der Waals surface area (Å²) in [7, 11) is 1.56. The minimum atomic E-state index is -1.01. The summed E-state index contributed by atoms with van der Waals surface area (Å²) in [6.45, 7) is 1.95.